The Morgan fingerprint density at radius 2 is 2.10 bits per heavy atom. The number of nitrogens with one attached hydrogen (secondary N) is 1. The minimum atomic E-state index is 0.714. The molecular weight excluding hydrogens is 246 g/mol. The van der Waals surface area contributed by atoms with Crippen LogP contribution in [0.5, 0.6) is 0 Å². The van der Waals surface area contributed by atoms with Crippen LogP contribution in [0.1, 0.15) is 45.2 Å². The summed E-state index contributed by atoms with van der Waals surface area (Å²) in [5.74, 6) is 0.798. The van der Waals surface area contributed by atoms with Gasteiger partial charge in [-0.1, -0.05) is 32.8 Å². The van der Waals surface area contributed by atoms with Crippen LogP contribution in [0, 0.1) is 5.92 Å². The van der Waals surface area contributed by atoms with Crippen molar-refractivity contribution in [2.24, 2.45) is 5.92 Å². The molecule has 20 heavy (non-hydrogen) atoms. The Morgan fingerprint density at radius 1 is 1.25 bits per heavy atom. The summed E-state index contributed by atoms with van der Waals surface area (Å²) in [7, 11) is 0. The fourth-order valence-electron chi connectivity index (χ4n) is 3.31. The van der Waals surface area contributed by atoms with Crippen LogP contribution in [0.2, 0.25) is 0 Å². The second-order valence-corrected chi connectivity index (χ2v) is 5.86. The largest absolute Gasteiger partial charge is 0.314 e. The third-order valence-electron chi connectivity index (χ3n) is 4.43. The van der Waals surface area contributed by atoms with Gasteiger partial charge < -0.3 is 5.32 Å². The first-order valence-electron chi connectivity index (χ1n) is 8.19. The molecule has 0 radical (unpaired) electrons. The maximum Gasteiger partial charge on any atom is 0.0543 e. The van der Waals surface area contributed by atoms with E-state index in [2.05, 4.69) is 41.2 Å². The second-order valence-electron chi connectivity index (χ2n) is 5.86. The van der Waals surface area contributed by atoms with Gasteiger partial charge in [0, 0.05) is 25.3 Å². The molecule has 3 heteroatoms. The average molecular weight is 275 g/mol. The van der Waals surface area contributed by atoms with E-state index in [0.29, 0.717) is 6.04 Å². The standard InChI is InChI=1S/C17H29N3/c1-3-18-17-11-6-5-9-15(17)13-20(4-2)14-16-10-7-8-12-19-16/h7-8,10,12,15,17-18H,3-6,9,11,13-14H2,1-2H3. The number of rotatable bonds is 7. The third kappa shape index (κ3) is 4.57. The normalized spacial score (nSPS) is 23.1. The van der Waals surface area contributed by atoms with E-state index >= 15 is 0 Å². The minimum absolute atomic E-state index is 0.714. The van der Waals surface area contributed by atoms with E-state index in [1.165, 1.54) is 37.9 Å². The Hall–Kier alpha value is -0.930. The van der Waals surface area contributed by atoms with Crippen molar-refractivity contribution in [2.45, 2.75) is 52.1 Å². The smallest absolute Gasteiger partial charge is 0.0543 e. The predicted octanol–water partition coefficient (Wildman–Crippen LogP) is 3.07. The molecule has 1 aliphatic carbocycles. The maximum absolute atomic E-state index is 4.46. The maximum atomic E-state index is 4.46. The Balaban J connectivity index is 1.90. The van der Waals surface area contributed by atoms with Gasteiger partial charge in [-0.05, 0) is 44.0 Å². The van der Waals surface area contributed by atoms with Gasteiger partial charge in [-0.3, -0.25) is 9.88 Å². The first-order chi connectivity index (χ1) is 9.83. The van der Waals surface area contributed by atoms with Gasteiger partial charge in [0.1, 0.15) is 0 Å². The third-order valence-corrected chi connectivity index (χ3v) is 4.43. The van der Waals surface area contributed by atoms with Crippen LogP contribution in [0.15, 0.2) is 24.4 Å². The van der Waals surface area contributed by atoms with Gasteiger partial charge in [-0.2, -0.15) is 0 Å². The number of hydrogen-bond donors (Lipinski definition) is 1. The van der Waals surface area contributed by atoms with Gasteiger partial charge in [0.05, 0.1) is 5.69 Å². The zero-order valence-electron chi connectivity index (χ0n) is 13.0. The van der Waals surface area contributed by atoms with E-state index in [-0.39, 0.29) is 0 Å². The fourth-order valence-corrected chi connectivity index (χ4v) is 3.31. The molecule has 1 saturated carbocycles. The van der Waals surface area contributed by atoms with E-state index in [0.717, 1.165) is 25.6 Å². The van der Waals surface area contributed by atoms with Crippen molar-refractivity contribution < 1.29 is 0 Å². The van der Waals surface area contributed by atoms with E-state index in [4.69, 9.17) is 0 Å². The topological polar surface area (TPSA) is 28.2 Å². The number of nitrogens with zero attached hydrogens (tertiary/aromatic N) is 2. The van der Waals surface area contributed by atoms with Gasteiger partial charge in [-0.15, -0.1) is 0 Å². The summed E-state index contributed by atoms with van der Waals surface area (Å²) in [6, 6.07) is 6.91. The summed E-state index contributed by atoms with van der Waals surface area (Å²) in [4.78, 5) is 7.00. The van der Waals surface area contributed by atoms with Crippen LogP contribution < -0.4 is 5.32 Å². The van der Waals surface area contributed by atoms with Crippen LogP contribution in [-0.4, -0.2) is 35.6 Å². The van der Waals surface area contributed by atoms with Crippen molar-refractivity contribution in [2.75, 3.05) is 19.6 Å². The summed E-state index contributed by atoms with van der Waals surface area (Å²) in [5, 5.41) is 3.69. The zero-order chi connectivity index (χ0) is 14.2. The van der Waals surface area contributed by atoms with Crippen LogP contribution in [0.4, 0.5) is 0 Å². The van der Waals surface area contributed by atoms with Gasteiger partial charge in [0.25, 0.3) is 0 Å². The number of hydrogen-bond acceptors (Lipinski definition) is 3. The predicted molar refractivity (Wildman–Crippen MR) is 84.6 cm³/mol. The van der Waals surface area contributed by atoms with Crippen molar-refractivity contribution >= 4 is 0 Å². The molecule has 1 aromatic heterocycles. The summed E-state index contributed by atoms with van der Waals surface area (Å²) in [5.41, 5.74) is 1.19. The lowest BCUT2D eigenvalue weighted by molar-refractivity contribution is 0.167. The molecular formula is C17H29N3. The first kappa shape index (κ1) is 15.5. The van der Waals surface area contributed by atoms with Gasteiger partial charge in [-0.25, -0.2) is 0 Å². The Kier molecular flexibility index (Phi) is 6.48. The second kappa shape index (κ2) is 8.38. The lowest BCUT2D eigenvalue weighted by atomic mass is 9.84. The quantitative estimate of drug-likeness (QED) is 0.829. The summed E-state index contributed by atoms with van der Waals surface area (Å²) in [6.45, 7) is 8.85. The molecule has 1 heterocycles. The molecule has 0 aromatic carbocycles. The van der Waals surface area contributed by atoms with E-state index in [1.807, 2.05) is 12.3 Å². The molecule has 0 spiro atoms. The first-order valence-corrected chi connectivity index (χ1v) is 8.19. The van der Waals surface area contributed by atoms with Gasteiger partial charge in [0.2, 0.25) is 0 Å². The van der Waals surface area contributed by atoms with Gasteiger partial charge >= 0.3 is 0 Å². The van der Waals surface area contributed by atoms with E-state index in [1.54, 1.807) is 0 Å². The molecule has 0 aliphatic heterocycles. The molecule has 1 aliphatic rings. The van der Waals surface area contributed by atoms with Gasteiger partial charge in [0.15, 0.2) is 0 Å². The highest BCUT2D eigenvalue weighted by atomic mass is 15.1. The van der Waals surface area contributed by atoms with Crippen LogP contribution in [-0.2, 0) is 6.54 Å². The highest BCUT2D eigenvalue weighted by molar-refractivity contribution is 5.03. The van der Waals surface area contributed by atoms with Crippen LogP contribution in [0.25, 0.3) is 0 Å². The summed E-state index contributed by atoms with van der Waals surface area (Å²) in [6.07, 6.45) is 7.40. The van der Waals surface area contributed by atoms with E-state index < -0.39 is 0 Å². The summed E-state index contributed by atoms with van der Waals surface area (Å²) >= 11 is 0. The molecule has 1 N–H and O–H groups in total. The summed E-state index contributed by atoms with van der Waals surface area (Å²) < 4.78 is 0. The van der Waals surface area contributed by atoms with E-state index in [9.17, 15) is 0 Å². The van der Waals surface area contributed by atoms with Crippen molar-refractivity contribution in [3.63, 3.8) is 0 Å². The molecule has 112 valence electrons. The monoisotopic (exact) mass is 275 g/mol. The molecule has 2 unspecified atom stereocenters. The molecule has 1 fully saturated rings. The van der Waals surface area contributed by atoms with Crippen molar-refractivity contribution in [3.8, 4) is 0 Å². The minimum Gasteiger partial charge on any atom is -0.314 e. The number of pyridine rings is 1. The molecule has 2 rings (SSSR count). The molecule has 3 nitrogen and oxygen atoms in total. The molecule has 0 amide bonds. The Labute approximate surface area is 123 Å². The Bertz CT molecular complexity index is 364. The number of aromatic nitrogens is 1. The molecule has 0 bridgehead atoms. The van der Waals surface area contributed by atoms with Crippen LogP contribution >= 0.6 is 0 Å². The SMILES string of the molecule is CCNC1CCCCC1CN(CC)Cc1ccccn1. The fraction of sp³-hybridized carbons (Fsp3) is 0.706. The van der Waals surface area contributed by atoms with Crippen molar-refractivity contribution in [3.05, 3.63) is 30.1 Å². The zero-order valence-corrected chi connectivity index (χ0v) is 13.0. The lowest BCUT2D eigenvalue weighted by Crippen LogP contribution is -2.44. The lowest BCUT2D eigenvalue weighted by Gasteiger charge is -2.35. The van der Waals surface area contributed by atoms with Crippen molar-refractivity contribution in [1.82, 2.24) is 15.2 Å². The molecule has 0 saturated heterocycles. The highest BCUT2D eigenvalue weighted by Gasteiger charge is 2.25. The molecule has 1 aromatic rings. The van der Waals surface area contributed by atoms with Crippen molar-refractivity contribution in [1.29, 1.82) is 0 Å². The average Bonchev–Trinajstić information content (AvgIpc) is 2.50. The highest BCUT2D eigenvalue weighted by Crippen LogP contribution is 2.25. The Morgan fingerprint density at radius 3 is 2.80 bits per heavy atom. The van der Waals surface area contributed by atoms with Crippen LogP contribution in [0.3, 0.4) is 0 Å². The molecule has 2 atom stereocenters.